The maximum atomic E-state index is 11.9. The molecule has 0 amide bonds. The summed E-state index contributed by atoms with van der Waals surface area (Å²) in [5, 5.41) is 10.5. The van der Waals surface area contributed by atoms with Crippen molar-refractivity contribution in [3.8, 4) is 0 Å². The number of hydrogen-bond acceptors (Lipinski definition) is 5. The van der Waals surface area contributed by atoms with Gasteiger partial charge in [-0.15, -0.1) is 0 Å². The summed E-state index contributed by atoms with van der Waals surface area (Å²) in [5.74, 6) is -1.44. The highest BCUT2D eigenvalue weighted by molar-refractivity contribution is 6.05. The molecular formula is C11H17NO5. The second kappa shape index (κ2) is 5.25. The summed E-state index contributed by atoms with van der Waals surface area (Å²) in [4.78, 5) is 33.9. The van der Waals surface area contributed by atoms with E-state index in [0.717, 1.165) is 0 Å². The standard InChI is InChI=1S/C11H17NO5/c1-3-17-10(14)11(6-4-5-9(11)13)8(2)7-12(15)16/h8H,3-7H2,1-2H3/t8-,11-/m0/s1. The third-order valence-corrected chi connectivity index (χ3v) is 3.38. The highest BCUT2D eigenvalue weighted by Crippen LogP contribution is 2.42. The van der Waals surface area contributed by atoms with Crippen LogP contribution < -0.4 is 0 Å². The fraction of sp³-hybridized carbons (Fsp3) is 0.818. The Labute approximate surface area is 99.5 Å². The van der Waals surface area contributed by atoms with Crippen LogP contribution in [0.4, 0.5) is 0 Å². The maximum Gasteiger partial charge on any atom is 0.320 e. The van der Waals surface area contributed by atoms with Crippen LogP contribution in [0.15, 0.2) is 0 Å². The van der Waals surface area contributed by atoms with Crippen LogP contribution in [0.1, 0.15) is 33.1 Å². The molecule has 0 aliphatic heterocycles. The van der Waals surface area contributed by atoms with E-state index in [1.54, 1.807) is 13.8 Å². The van der Waals surface area contributed by atoms with Crippen LogP contribution in [0.5, 0.6) is 0 Å². The molecule has 0 saturated heterocycles. The molecule has 2 atom stereocenters. The molecule has 6 heteroatoms. The molecule has 1 rings (SSSR count). The van der Waals surface area contributed by atoms with Gasteiger partial charge in [0, 0.05) is 17.3 Å². The lowest BCUT2D eigenvalue weighted by Crippen LogP contribution is -2.45. The van der Waals surface area contributed by atoms with Crippen molar-refractivity contribution < 1.29 is 19.2 Å². The first-order chi connectivity index (χ1) is 7.95. The minimum atomic E-state index is -1.29. The van der Waals surface area contributed by atoms with Gasteiger partial charge in [-0.3, -0.25) is 19.7 Å². The number of Topliss-reactive ketones (excluding diaryl/α,β-unsaturated/α-hetero) is 1. The van der Waals surface area contributed by atoms with E-state index in [-0.39, 0.29) is 18.9 Å². The Kier molecular flexibility index (Phi) is 4.20. The van der Waals surface area contributed by atoms with Crippen molar-refractivity contribution in [1.29, 1.82) is 0 Å². The Hall–Kier alpha value is -1.46. The number of esters is 1. The van der Waals surface area contributed by atoms with Gasteiger partial charge >= 0.3 is 5.97 Å². The van der Waals surface area contributed by atoms with Crippen LogP contribution in [-0.2, 0) is 14.3 Å². The minimum absolute atomic E-state index is 0.180. The van der Waals surface area contributed by atoms with Crippen LogP contribution in [-0.4, -0.2) is 29.8 Å². The first-order valence-corrected chi connectivity index (χ1v) is 5.77. The Morgan fingerprint density at radius 2 is 2.29 bits per heavy atom. The van der Waals surface area contributed by atoms with Gasteiger partial charge in [-0.05, 0) is 19.8 Å². The molecule has 0 aromatic heterocycles. The van der Waals surface area contributed by atoms with E-state index >= 15 is 0 Å². The quantitative estimate of drug-likeness (QED) is 0.313. The number of nitrogens with zero attached hydrogens (tertiary/aromatic N) is 1. The molecule has 1 aliphatic rings. The molecule has 0 bridgehead atoms. The number of nitro groups is 1. The zero-order valence-corrected chi connectivity index (χ0v) is 10.1. The Morgan fingerprint density at radius 1 is 1.65 bits per heavy atom. The van der Waals surface area contributed by atoms with E-state index in [9.17, 15) is 19.7 Å². The number of hydrogen-bond donors (Lipinski definition) is 0. The molecule has 0 heterocycles. The number of ether oxygens (including phenoxy) is 1. The summed E-state index contributed by atoms with van der Waals surface area (Å²) in [5.41, 5.74) is -1.29. The summed E-state index contributed by atoms with van der Waals surface area (Å²) in [6.45, 7) is 3.02. The van der Waals surface area contributed by atoms with Crippen LogP contribution in [0, 0.1) is 21.4 Å². The number of ketones is 1. The van der Waals surface area contributed by atoms with Gasteiger partial charge < -0.3 is 4.74 Å². The average Bonchev–Trinajstić information content (AvgIpc) is 2.60. The normalized spacial score (nSPS) is 25.6. The summed E-state index contributed by atoms with van der Waals surface area (Å²) < 4.78 is 4.92. The van der Waals surface area contributed by atoms with Crippen molar-refractivity contribution in [2.75, 3.05) is 13.2 Å². The molecule has 0 aromatic rings. The molecule has 0 unspecified atom stereocenters. The first kappa shape index (κ1) is 13.6. The fourth-order valence-electron chi connectivity index (χ4n) is 2.47. The lowest BCUT2D eigenvalue weighted by Gasteiger charge is -2.28. The second-order valence-corrected chi connectivity index (χ2v) is 4.38. The first-order valence-electron chi connectivity index (χ1n) is 5.77. The number of carbonyl (C=O) groups excluding carboxylic acids is 2. The van der Waals surface area contributed by atoms with Gasteiger partial charge in [0.2, 0.25) is 6.54 Å². The highest BCUT2D eigenvalue weighted by atomic mass is 16.6. The predicted octanol–water partition coefficient (Wildman–Crippen LogP) is 1.20. The Balaban J connectivity index is 2.97. The van der Waals surface area contributed by atoms with E-state index in [1.807, 2.05) is 0 Å². The molecule has 0 N–H and O–H groups in total. The molecule has 1 saturated carbocycles. The average molecular weight is 243 g/mol. The molecular weight excluding hydrogens is 226 g/mol. The third kappa shape index (κ3) is 2.45. The van der Waals surface area contributed by atoms with Crippen LogP contribution in [0.25, 0.3) is 0 Å². The van der Waals surface area contributed by atoms with Crippen molar-refractivity contribution in [3.63, 3.8) is 0 Å². The van der Waals surface area contributed by atoms with E-state index < -0.39 is 22.2 Å². The molecule has 1 fully saturated rings. The highest BCUT2D eigenvalue weighted by Gasteiger charge is 2.55. The van der Waals surface area contributed by atoms with E-state index in [0.29, 0.717) is 19.3 Å². The van der Waals surface area contributed by atoms with E-state index in [2.05, 4.69) is 0 Å². The molecule has 96 valence electrons. The Bertz CT molecular complexity index is 341. The molecule has 6 nitrogen and oxygen atoms in total. The summed E-state index contributed by atoms with van der Waals surface area (Å²) in [6.07, 6.45) is 1.26. The van der Waals surface area contributed by atoms with Gasteiger partial charge in [0.15, 0.2) is 5.78 Å². The predicted molar refractivity (Wildman–Crippen MR) is 58.9 cm³/mol. The minimum Gasteiger partial charge on any atom is -0.465 e. The van der Waals surface area contributed by atoms with Gasteiger partial charge in [0.25, 0.3) is 0 Å². The second-order valence-electron chi connectivity index (χ2n) is 4.38. The SMILES string of the molecule is CCOC(=O)[C@]1([C@@H](C)C[N+](=O)[O-])CCCC1=O. The molecule has 0 aromatic carbocycles. The number of rotatable bonds is 5. The van der Waals surface area contributed by atoms with Crippen LogP contribution in [0.3, 0.4) is 0 Å². The molecule has 0 spiro atoms. The van der Waals surface area contributed by atoms with Crippen LogP contribution in [0.2, 0.25) is 0 Å². The summed E-state index contributed by atoms with van der Waals surface area (Å²) in [7, 11) is 0. The zero-order valence-electron chi connectivity index (χ0n) is 10.1. The van der Waals surface area contributed by atoms with Crippen molar-refractivity contribution in [3.05, 3.63) is 10.1 Å². The fourth-order valence-corrected chi connectivity index (χ4v) is 2.47. The van der Waals surface area contributed by atoms with Gasteiger partial charge in [0.05, 0.1) is 6.61 Å². The zero-order chi connectivity index (χ0) is 13.1. The molecule has 1 aliphatic carbocycles. The van der Waals surface area contributed by atoms with Crippen molar-refractivity contribution in [1.82, 2.24) is 0 Å². The van der Waals surface area contributed by atoms with Crippen LogP contribution >= 0.6 is 0 Å². The van der Waals surface area contributed by atoms with Crippen molar-refractivity contribution in [2.45, 2.75) is 33.1 Å². The topological polar surface area (TPSA) is 86.5 Å². The summed E-state index contributed by atoms with van der Waals surface area (Å²) >= 11 is 0. The lowest BCUT2D eigenvalue weighted by molar-refractivity contribution is -0.489. The van der Waals surface area contributed by atoms with Crippen molar-refractivity contribution in [2.24, 2.45) is 11.3 Å². The lowest BCUT2D eigenvalue weighted by atomic mass is 9.74. The monoisotopic (exact) mass is 243 g/mol. The smallest absolute Gasteiger partial charge is 0.320 e. The largest absolute Gasteiger partial charge is 0.465 e. The molecule has 0 radical (unpaired) electrons. The van der Waals surface area contributed by atoms with Gasteiger partial charge in [-0.1, -0.05) is 6.92 Å². The van der Waals surface area contributed by atoms with E-state index in [1.165, 1.54) is 0 Å². The van der Waals surface area contributed by atoms with Gasteiger partial charge in [-0.2, -0.15) is 0 Å². The van der Waals surface area contributed by atoms with Gasteiger partial charge in [0.1, 0.15) is 5.41 Å². The maximum absolute atomic E-state index is 11.9. The van der Waals surface area contributed by atoms with E-state index in [4.69, 9.17) is 4.74 Å². The van der Waals surface area contributed by atoms with Gasteiger partial charge in [-0.25, -0.2) is 0 Å². The Morgan fingerprint density at radius 3 is 2.71 bits per heavy atom. The number of carbonyl (C=O) groups is 2. The van der Waals surface area contributed by atoms with Crippen molar-refractivity contribution >= 4 is 11.8 Å². The third-order valence-electron chi connectivity index (χ3n) is 3.38. The molecule has 17 heavy (non-hydrogen) atoms. The summed E-state index contributed by atoms with van der Waals surface area (Å²) in [6, 6.07) is 0.